The summed E-state index contributed by atoms with van der Waals surface area (Å²) in [4.78, 5) is 2.43. The fraction of sp³-hybridized carbons (Fsp3) is 0. The van der Waals surface area contributed by atoms with E-state index in [4.69, 9.17) is 0 Å². The van der Waals surface area contributed by atoms with Crippen molar-refractivity contribution >= 4 is 103 Å². The molecule has 0 saturated heterocycles. The summed E-state index contributed by atoms with van der Waals surface area (Å²) in [6.07, 6.45) is 0. The molecule has 11 aromatic carbocycles. The van der Waals surface area contributed by atoms with Gasteiger partial charge in [-0.25, -0.2) is 0 Å². The molecule has 2 nitrogen and oxygen atoms in total. The SMILES string of the molecule is c1ccc(-n2c3ccccc3c3ccccc32)c(-c2ccc(N(c3ccc(-c4ccc5c(c4)sc4c6ccccc6ccc54)cc3)c3cc4ccccc4c4ccccc34)cc2)c1. The van der Waals surface area contributed by atoms with E-state index in [1.807, 2.05) is 11.3 Å². The van der Waals surface area contributed by atoms with E-state index in [0.717, 1.165) is 22.7 Å². The molecular weight excluding hydrogens is 781 g/mol. The van der Waals surface area contributed by atoms with Crippen molar-refractivity contribution in [3.05, 3.63) is 231 Å². The zero-order valence-corrected chi connectivity index (χ0v) is 35.1. The van der Waals surface area contributed by atoms with Gasteiger partial charge in [-0.3, -0.25) is 0 Å². The highest BCUT2D eigenvalue weighted by atomic mass is 32.1. The number of para-hydroxylation sites is 3. The molecule has 0 amide bonds. The average Bonchev–Trinajstić information content (AvgIpc) is 3.90. The molecule has 0 fully saturated rings. The van der Waals surface area contributed by atoms with Crippen molar-refractivity contribution < 1.29 is 0 Å². The van der Waals surface area contributed by atoms with Crippen molar-refractivity contribution in [1.29, 1.82) is 0 Å². The number of anilines is 3. The summed E-state index contributed by atoms with van der Waals surface area (Å²) in [6, 6.07) is 84.7. The van der Waals surface area contributed by atoms with E-state index >= 15 is 0 Å². The van der Waals surface area contributed by atoms with E-state index in [9.17, 15) is 0 Å². The van der Waals surface area contributed by atoms with Crippen LogP contribution in [0.4, 0.5) is 17.1 Å². The second kappa shape index (κ2) is 14.3. The summed E-state index contributed by atoms with van der Waals surface area (Å²) in [5.41, 5.74) is 11.7. The van der Waals surface area contributed by atoms with Gasteiger partial charge in [0.2, 0.25) is 0 Å². The molecule has 294 valence electrons. The number of fused-ring (bicyclic) bond motifs is 11. The maximum absolute atomic E-state index is 2.43. The van der Waals surface area contributed by atoms with E-state index in [0.29, 0.717) is 0 Å². The minimum atomic E-state index is 1.10. The number of rotatable bonds is 6. The smallest absolute Gasteiger partial charge is 0.0546 e. The summed E-state index contributed by atoms with van der Waals surface area (Å²) in [6.45, 7) is 0. The molecule has 13 rings (SSSR count). The minimum Gasteiger partial charge on any atom is -0.310 e. The number of benzene rings is 11. The van der Waals surface area contributed by atoms with Gasteiger partial charge >= 0.3 is 0 Å². The highest BCUT2D eigenvalue weighted by molar-refractivity contribution is 7.26. The Labute approximate surface area is 368 Å². The van der Waals surface area contributed by atoms with Crippen LogP contribution >= 0.6 is 11.3 Å². The number of nitrogens with zero attached hydrogens (tertiary/aromatic N) is 2. The minimum absolute atomic E-state index is 1.10. The van der Waals surface area contributed by atoms with Crippen molar-refractivity contribution in [2.24, 2.45) is 0 Å². The molecule has 0 aliphatic heterocycles. The third kappa shape index (κ3) is 5.71. The molecule has 0 aliphatic carbocycles. The third-order valence-electron chi connectivity index (χ3n) is 13.0. The second-order valence-electron chi connectivity index (χ2n) is 16.5. The molecule has 63 heavy (non-hydrogen) atoms. The van der Waals surface area contributed by atoms with Crippen LogP contribution in [-0.2, 0) is 0 Å². The Morgan fingerprint density at radius 2 is 0.873 bits per heavy atom. The van der Waals surface area contributed by atoms with Gasteiger partial charge in [0.25, 0.3) is 0 Å². The first-order valence-electron chi connectivity index (χ1n) is 21.6. The van der Waals surface area contributed by atoms with Gasteiger partial charge in [-0.05, 0) is 98.2 Å². The monoisotopic (exact) mass is 818 g/mol. The molecule has 0 aliphatic rings. The quantitative estimate of drug-likeness (QED) is 0.152. The topological polar surface area (TPSA) is 8.17 Å². The van der Waals surface area contributed by atoms with Crippen LogP contribution < -0.4 is 4.90 Å². The molecule has 3 heteroatoms. The number of hydrogen-bond donors (Lipinski definition) is 0. The van der Waals surface area contributed by atoms with Crippen LogP contribution in [0.5, 0.6) is 0 Å². The first-order valence-corrected chi connectivity index (χ1v) is 22.4. The predicted molar refractivity (Wildman–Crippen MR) is 272 cm³/mol. The third-order valence-corrected chi connectivity index (χ3v) is 14.2. The molecule has 0 bridgehead atoms. The van der Waals surface area contributed by atoms with Crippen LogP contribution in [0.15, 0.2) is 231 Å². The standard InChI is InChI=1S/C60H38N2S/c1-4-17-48-40(13-1)29-36-54-53-35-30-42(38-59(53)63-60(48)54)39-25-31-44(32-26-39)61(58-37-43-14-2-3-15-46(43)49-18-5-6-19-50(49)58)45-33-27-41(28-34-45)47-16-7-10-22-55(47)62-56-23-11-8-20-51(56)52-21-9-12-24-57(52)62/h1-38H. The molecule has 0 saturated carbocycles. The maximum atomic E-state index is 2.43. The maximum Gasteiger partial charge on any atom is 0.0546 e. The highest BCUT2D eigenvalue weighted by Gasteiger charge is 2.20. The van der Waals surface area contributed by atoms with Crippen LogP contribution in [0.3, 0.4) is 0 Å². The van der Waals surface area contributed by atoms with Gasteiger partial charge in [0.1, 0.15) is 0 Å². The Bertz CT molecular complexity index is 3860. The van der Waals surface area contributed by atoms with Crippen LogP contribution in [0.1, 0.15) is 0 Å². The van der Waals surface area contributed by atoms with Crippen molar-refractivity contribution in [3.8, 4) is 27.9 Å². The molecule has 13 aromatic rings. The molecule has 0 unspecified atom stereocenters. The van der Waals surface area contributed by atoms with Crippen LogP contribution in [0.2, 0.25) is 0 Å². The second-order valence-corrected chi connectivity index (χ2v) is 17.5. The summed E-state index contributed by atoms with van der Waals surface area (Å²) < 4.78 is 5.09. The van der Waals surface area contributed by atoms with Gasteiger partial charge in [-0.15, -0.1) is 11.3 Å². The zero-order chi connectivity index (χ0) is 41.4. The summed E-state index contributed by atoms with van der Waals surface area (Å²) in [5, 5.41) is 12.7. The fourth-order valence-corrected chi connectivity index (χ4v) is 11.3. The summed E-state index contributed by atoms with van der Waals surface area (Å²) in [5.74, 6) is 0. The van der Waals surface area contributed by atoms with Crippen LogP contribution in [0, 0.1) is 0 Å². The number of thiophene rings is 1. The number of aromatic nitrogens is 1. The highest BCUT2D eigenvalue weighted by Crippen LogP contribution is 2.45. The predicted octanol–water partition coefficient (Wildman–Crippen LogP) is 17.4. The molecule has 2 aromatic heterocycles. The van der Waals surface area contributed by atoms with Gasteiger partial charge in [0, 0.05) is 53.3 Å². The zero-order valence-electron chi connectivity index (χ0n) is 34.2. The molecule has 0 N–H and O–H groups in total. The molecule has 0 spiro atoms. The Morgan fingerprint density at radius 3 is 1.60 bits per heavy atom. The Hall–Kier alpha value is -7.98. The lowest BCUT2D eigenvalue weighted by atomic mass is 9.98. The normalized spacial score (nSPS) is 11.8. The van der Waals surface area contributed by atoms with E-state index in [1.54, 1.807) is 0 Å². The largest absolute Gasteiger partial charge is 0.310 e. The van der Waals surface area contributed by atoms with Crippen molar-refractivity contribution in [1.82, 2.24) is 4.57 Å². The molecule has 0 atom stereocenters. The van der Waals surface area contributed by atoms with Crippen molar-refractivity contribution in [3.63, 3.8) is 0 Å². The van der Waals surface area contributed by atoms with Gasteiger partial charge in [-0.1, -0.05) is 176 Å². The lowest BCUT2D eigenvalue weighted by Crippen LogP contribution is -2.10. The molecular formula is C60H38N2S. The first kappa shape index (κ1) is 35.7. The number of hydrogen-bond acceptors (Lipinski definition) is 2. The van der Waals surface area contributed by atoms with E-state index in [1.165, 1.54) is 96.5 Å². The van der Waals surface area contributed by atoms with Gasteiger partial charge in [0.05, 0.1) is 22.4 Å². The summed E-state index contributed by atoms with van der Waals surface area (Å²) >= 11 is 1.90. The van der Waals surface area contributed by atoms with Crippen molar-refractivity contribution in [2.75, 3.05) is 4.90 Å². The van der Waals surface area contributed by atoms with Gasteiger partial charge in [-0.2, -0.15) is 0 Å². The average molecular weight is 819 g/mol. The summed E-state index contributed by atoms with van der Waals surface area (Å²) in [7, 11) is 0. The Balaban J connectivity index is 0.940. The molecule has 0 radical (unpaired) electrons. The van der Waals surface area contributed by atoms with E-state index < -0.39 is 0 Å². The van der Waals surface area contributed by atoms with Crippen LogP contribution in [0.25, 0.3) is 102 Å². The van der Waals surface area contributed by atoms with Gasteiger partial charge < -0.3 is 9.47 Å². The fourth-order valence-electron chi connectivity index (χ4n) is 10.0. The lowest BCUT2D eigenvalue weighted by molar-refractivity contribution is 1.18. The van der Waals surface area contributed by atoms with E-state index in [2.05, 4.69) is 240 Å². The first-order chi connectivity index (χ1) is 31.2. The van der Waals surface area contributed by atoms with Crippen molar-refractivity contribution in [2.45, 2.75) is 0 Å². The van der Waals surface area contributed by atoms with Gasteiger partial charge in [0.15, 0.2) is 0 Å². The lowest BCUT2D eigenvalue weighted by Gasteiger charge is -2.28. The Morgan fingerprint density at radius 1 is 0.333 bits per heavy atom. The van der Waals surface area contributed by atoms with Crippen LogP contribution in [-0.4, -0.2) is 4.57 Å². The Kier molecular flexibility index (Phi) is 8.12. The molecule has 2 heterocycles. The van der Waals surface area contributed by atoms with E-state index in [-0.39, 0.29) is 0 Å².